The second-order valence-electron chi connectivity index (χ2n) is 8.01. The first-order valence-corrected chi connectivity index (χ1v) is 11.9. The third-order valence-electron chi connectivity index (χ3n) is 6.13. The minimum Gasteiger partial charge on any atom is -0.454 e. The summed E-state index contributed by atoms with van der Waals surface area (Å²) in [5.74, 6) is 1.47. The van der Waals surface area contributed by atoms with Crippen LogP contribution in [0.4, 0.5) is 5.69 Å². The summed E-state index contributed by atoms with van der Waals surface area (Å²) in [5.41, 5.74) is 5.31. The summed E-state index contributed by atoms with van der Waals surface area (Å²) in [7, 11) is 0. The highest BCUT2D eigenvalue weighted by Gasteiger charge is 2.42. The molecule has 1 N–H and O–H groups in total. The number of nitrogens with one attached hydrogen (secondary N) is 1. The Hall–Kier alpha value is -3.43. The zero-order valence-corrected chi connectivity index (χ0v) is 19.7. The van der Waals surface area contributed by atoms with Crippen molar-refractivity contribution >= 4 is 34.4 Å². The van der Waals surface area contributed by atoms with Crippen molar-refractivity contribution in [1.29, 1.82) is 0 Å². The fourth-order valence-corrected chi connectivity index (χ4v) is 5.79. The van der Waals surface area contributed by atoms with Crippen molar-refractivity contribution in [3.63, 3.8) is 0 Å². The number of hydrogen-bond donors (Lipinski definition) is 1. The standard InChI is InChI=1S/C24H21N5O2S2/c1-14-11-17(15(2)28(14)24-26-9-10-33-24)22-21(18-5-3-4-8-25-18)27-23(32)29(22)16-6-7-19-20(12-16)31-13-30-19/h3-12,21-22H,13H2,1-2H3,(H,27,32). The fraction of sp³-hybridized carbons (Fsp3) is 0.208. The lowest BCUT2D eigenvalue weighted by Crippen LogP contribution is -2.29. The Balaban J connectivity index is 1.52. The van der Waals surface area contributed by atoms with E-state index in [4.69, 9.17) is 21.7 Å². The smallest absolute Gasteiger partial charge is 0.231 e. The molecule has 2 atom stereocenters. The number of hydrogen-bond acceptors (Lipinski definition) is 6. The molecule has 1 saturated heterocycles. The summed E-state index contributed by atoms with van der Waals surface area (Å²) >= 11 is 7.49. The summed E-state index contributed by atoms with van der Waals surface area (Å²) in [6.07, 6.45) is 3.65. The van der Waals surface area contributed by atoms with Crippen LogP contribution >= 0.6 is 23.6 Å². The van der Waals surface area contributed by atoms with Gasteiger partial charge in [0.2, 0.25) is 6.79 Å². The number of aromatic nitrogens is 3. The number of nitrogens with zero attached hydrogens (tertiary/aromatic N) is 4. The van der Waals surface area contributed by atoms with Crippen LogP contribution in [0.1, 0.15) is 34.7 Å². The molecule has 0 saturated carbocycles. The zero-order valence-electron chi connectivity index (χ0n) is 18.1. The number of thiazole rings is 1. The number of pyridine rings is 1. The van der Waals surface area contributed by atoms with Crippen molar-refractivity contribution in [3.05, 3.63) is 82.9 Å². The first-order chi connectivity index (χ1) is 16.1. The molecule has 3 aromatic heterocycles. The van der Waals surface area contributed by atoms with Gasteiger partial charge in [-0.05, 0) is 62.0 Å². The molecular weight excluding hydrogens is 454 g/mol. The third-order valence-corrected chi connectivity index (χ3v) is 7.20. The van der Waals surface area contributed by atoms with Crippen LogP contribution in [0.25, 0.3) is 5.13 Å². The van der Waals surface area contributed by atoms with Gasteiger partial charge in [-0.15, -0.1) is 11.3 Å². The molecule has 5 heterocycles. The molecule has 0 amide bonds. The number of thiocarbonyl (C=S) groups is 1. The van der Waals surface area contributed by atoms with E-state index < -0.39 is 0 Å². The fourth-order valence-electron chi connectivity index (χ4n) is 4.69. The normalized spacial score (nSPS) is 19.2. The molecule has 33 heavy (non-hydrogen) atoms. The van der Waals surface area contributed by atoms with E-state index in [1.54, 1.807) is 11.3 Å². The van der Waals surface area contributed by atoms with Gasteiger partial charge in [0, 0.05) is 40.9 Å². The van der Waals surface area contributed by atoms with E-state index >= 15 is 0 Å². The predicted molar refractivity (Wildman–Crippen MR) is 131 cm³/mol. The molecule has 0 spiro atoms. The molecule has 4 aromatic rings. The van der Waals surface area contributed by atoms with Crippen LogP contribution in [0.2, 0.25) is 0 Å². The average molecular weight is 476 g/mol. The molecule has 0 bridgehead atoms. The lowest BCUT2D eigenvalue weighted by atomic mass is 9.96. The molecule has 9 heteroatoms. The van der Waals surface area contributed by atoms with Crippen LogP contribution in [-0.4, -0.2) is 26.4 Å². The third kappa shape index (κ3) is 3.27. The van der Waals surface area contributed by atoms with Gasteiger partial charge in [-0.25, -0.2) is 4.98 Å². The highest BCUT2D eigenvalue weighted by atomic mass is 32.1. The molecule has 0 radical (unpaired) electrons. The number of fused-ring (bicyclic) bond motifs is 1. The molecule has 2 aliphatic heterocycles. The van der Waals surface area contributed by atoms with Crippen molar-refractivity contribution in [2.45, 2.75) is 25.9 Å². The van der Waals surface area contributed by atoms with Crippen molar-refractivity contribution in [3.8, 4) is 16.6 Å². The van der Waals surface area contributed by atoms with E-state index in [9.17, 15) is 0 Å². The maximum absolute atomic E-state index is 5.87. The summed E-state index contributed by atoms with van der Waals surface area (Å²) in [6, 6.07) is 13.9. The van der Waals surface area contributed by atoms with E-state index in [1.807, 2.05) is 54.2 Å². The Bertz CT molecular complexity index is 1340. The van der Waals surface area contributed by atoms with E-state index in [2.05, 4.69) is 44.7 Å². The quantitative estimate of drug-likeness (QED) is 0.423. The maximum atomic E-state index is 5.87. The summed E-state index contributed by atoms with van der Waals surface area (Å²) in [6.45, 7) is 4.48. The van der Waals surface area contributed by atoms with Crippen LogP contribution in [0, 0.1) is 13.8 Å². The summed E-state index contributed by atoms with van der Waals surface area (Å²) < 4.78 is 13.4. The van der Waals surface area contributed by atoms with Crippen molar-refractivity contribution in [2.24, 2.45) is 0 Å². The average Bonchev–Trinajstić information content (AvgIpc) is 3.60. The minimum atomic E-state index is -0.116. The molecule has 1 fully saturated rings. The Morgan fingerprint density at radius 2 is 1.94 bits per heavy atom. The molecule has 2 unspecified atom stereocenters. The predicted octanol–water partition coefficient (Wildman–Crippen LogP) is 4.85. The lowest BCUT2D eigenvalue weighted by molar-refractivity contribution is 0.174. The molecule has 7 nitrogen and oxygen atoms in total. The number of anilines is 1. The maximum Gasteiger partial charge on any atom is 0.231 e. The Morgan fingerprint density at radius 3 is 2.73 bits per heavy atom. The van der Waals surface area contributed by atoms with Gasteiger partial charge in [0.15, 0.2) is 21.7 Å². The first kappa shape index (κ1) is 20.2. The van der Waals surface area contributed by atoms with E-state index in [1.165, 1.54) is 5.56 Å². The Morgan fingerprint density at radius 1 is 1.06 bits per heavy atom. The second kappa shape index (κ2) is 7.86. The van der Waals surface area contributed by atoms with Gasteiger partial charge in [0.05, 0.1) is 17.8 Å². The summed E-state index contributed by atoms with van der Waals surface area (Å²) in [5, 5.41) is 7.12. The molecule has 6 rings (SSSR count). The largest absolute Gasteiger partial charge is 0.454 e. The van der Waals surface area contributed by atoms with Gasteiger partial charge in [-0.3, -0.25) is 9.55 Å². The number of rotatable bonds is 4. The second-order valence-corrected chi connectivity index (χ2v) is 9.27. The number of ether oxygens (including phenoxy) is 2. The molecule has 166 valence electrons. The van der Waals surface area contributed by atoms with Gasteiger partial charge < -0.3 is 19.7 Å². The van der Waals surface area contributed by atoms with Crippen molar-refractivity contribution in [2.75, 3.05) is 11.7 Å². The topological polar surface area (TPSA) is 64.4 Å². The van der Waals surface area contributed by atoms with Gasteiger partial charge in [-0.1, -0.05) is 6.07 Å². The molecule has 0 aliphatic carbocycles. The van der Waals surface area contributed by atoms with Gasteiger partial charge in [0.1, 0.15) is 0 Å². The Kier molecular flexibility index (Phi) is 4.81. The van der Waals surface area contributed by atoms with Crippen LogP contribution in [0.15, 0.2) is 60.2 Å². The van der Waals surface area contributed by atoms with Gasteiger partial charge in [0.25, 0.3) is 0 Å². The highest BCUT2D eigenvalue weighted by Crippen LogP contribution is 2.46. The SMILES string of the molecule is Cc1cc(C2C(c3ccccn3)NC(=S)N2c2ccc3c(c2)OCO3)c(C)n1-c1nccs1. The number of aryl methyl sites for hydroxylation is 1. The van der Waals surface area contributed by atoms with Gasteiger partial charge in [-0.2, -0.15) is 0 Å². The van der Waals surface area contributed by atoms with Crippen LogP contribution in [0.5, 0.6) is 11.5 Å². The van der Waals surface area contributed by atoms with Crippen molar-refractivity contribution < 1.29 is 9.47 Å². The molecule has 2 aliphatic rings. The summed E-state index contributed by atoms with van der Waals surface area (Å²) in [4.78, 5) is 11.4. The number of benzene rings is 1. The minimum absolute atomic E-state index is 0.104. The van der Waals surface area contributed by atoms with E-state index in [0.717, 1.165) is 39.4 Å². The zero-order chi connectivity index (χ0) is 22.5. The molecule has 1 aromatic carbocycles. The lowest BCUT2D eigenvalue weighted by Gasteiger charge is -2.28. The van der Waals surface area contributed by atoms with Gasteiger partial charge >= 0.3 is 0 Å². The monoisotopic (exact) mass is 475 g/mol. The van der Waals surface area contributed by atoms with E-state index in [-0.39, 0.29) is 18.9 Å². The van der Waals surface area contributed by atoms with Crippen LogP contribution in [0.3, 0.4) is 0 Å². The van der Waals surface area contributed by atoms with Crippen LogP contribution < -0.4 is 19.7 Å². The molecular formula is C24H21N5O2S2. The highest BCUT2D eigenvalue weighted by molar-refractivity contribution is 7.80. The van der Waals surface area contributed by atoms with E-state index in [0.29, 0.717) is 5.11 Å². The van der Waals surface area contributed by atoms with Crippen molar-refractivity contribution in [1.82, 2.24) is 19.9 Å². The van der Waals surface area contributed by atoms with Crippen LogP contribution in [-0.2, 0) is 0 Å². The Labute approximate surface area is 200 Å². The first-order valence-electron chi connectivity index (χ1n) is 10.6.